The summed E-state index contributed by atoms with van der Waals surface area (Å²) >= 11 is 0. The zero-order valence-corrected chi connectivity index (χ0v) is 11.1. The van der Waals surface area contributed by atoms with Gasteiger partial charge in [0.15, 0.2) is 0 Å². The molecule has 0 spiro atoms. The first-order valence-electron chi connectivity index (χ1n) is 6.41. The standard InChI is InChI=1S/C16H16F3N/c1-12(13-7-9-15(17)10-8-13)20-11-16(18,19)14-5-3-2-4-6-14/h2-10,12,20H,11H2,1H3/t12-/m0/s1. The minimum absolute atomic E-state index is 0.0150. The molecule has 0 aliphatic heterocycles. The average molecular weight is 279 g/mol. The van der Waals surface area contributed by atoms with E-state index in [9.17, 15) is 13.2 Å². The van der Waals surface area contributed by atoms with Crippen molar-refractivity contribution in [2.24, 2.45) is 0 Å². The van der Waals surface area contributed by atoms with Crippen LogP contribution in [0, 0.1) is 5.82 Å². The summed E-state index contributed by atoms with van der Waals surface area (Å²) in [6.07, 6.45) is 0. The summed E-state index contributed by atoms with van der Waals surface area (Å²) in [5.41, 5.74) is 0.758. The second-order valence-electron chi connectivity index (χ2n) is 4.72. The Bertz CT molecular complexity index is 537. The van der Waals surface area contributed by atoms with Crippen LogP contribution in [0.5, 0.6) is 0 Å². The maximum absolute atomic E-state index is 14.0. The predicted octanol–water partition coefficient (Wildman–Crippen LogP) is 4.27. The number of benzene rings is 2. The number of rotatable bonds is 5. The predicted molar refractivity (Wildman–Crippen MR) is 73.2 cm³/mol. The lowest BCUT2D eigenvalue weighted by atomic mass is 10.1. The van der Waals surface area contributed by atoms with E-state index >= 15 is 0 Å². The summed E-state index contributed by atoms with van der Waals surface area (Å²) in [6, 6.07) is 13.2. The fraction of sp³-hybridized carbons (Fsp3) is 0.250. The van der Waals surface area contributed by atoms with Crippen LogP contribution in [-0.4, -0.2) is 6.54 Å². The molecule has 0 heterocycles. The van der Waals surface area contributed by atoms with Gasteiger partial charge >= 0.3 is 0 Å². The van der Waals surface area contributed by atoms with Crippen LogP contribution in [0.3, 0.4) is 0 Å². The van der Waals surface area contributed by atoms with E-state index in [2.05, 4.69) is 5.32 Å². The van der Waals surface area contributed by atoms with Gasteiger partial charge in [-0.2, -0.15) is 8.78 Å². The third-order valence-electron chi connectivity index (χ3n) is 3.20. The number of hydrogen-bond acceptors (Lipinski definition) is 1. The van der Waals surface area contributed by atoms with Gasteiger partial charge in [0.25, 0.3) is 5.92 Å². The van der Waals surface area contributed by atoms with Gasteiger partial charge in [-0.3, -0.25) is 0 Å². The van der Waals surface area contributed by atoms with Crippen molar-refractivity contribution in [3.05, 3.63) is 71.5 Å². The van der Waals surface area contributed by atoms with Crippen molar-refractivity contribution in [3.8, 4) is 0 Å². The van der Waals surface area contributed by atoms with Crippen LogP contribution in [0.25, 0.3) is 0 Å². The third-order valence-corrected chi connectivity index (χ3v) is 3.20. The second-order valence-corrected chi connectivity index (χ2v) is 4.72. The quantitative estimate of drug-likeness (QED) is 0.862. The van der Waals surface area contributed by atoms with Crippen molar-refractivity contribution in [1.29, 1.82) is 0 Å². The molecule has 1 nitrogen and oxygen atoms in total. The Labute approximate surface area is 116 Å². The summed E-state index contributed by atoms with van der Waals surface area (Å²) in [5, 5.41) is 2.78. The van der Waals surface area contributed by atoms with Crippen molar-refractivity contribution in [2.75, 3.05) is 6.54 Å². The maximum atomic E-state index is 14.0. The highest BCUT2D eigenvalue weighted by Crippen LogP contribution is 2.27. The van der Waals surface area contributed by atoms with E-state index < -0.39 is 12.5 Å². The minimum Gasteiger partial charge on any atom is -0.304 e. The van der Waals surface area contributed by atoms with E-state index in [-0.39, 0.29) is 17.4 Å². The maximum Gasteiger partial charge on any atom is 0.285 e. The summed E-state index contributed by atoms with van der Waals surface area (Å²) < 4.78 is 40.8. The van der Waals surface area contributed by atoms with E-state index in [1.54, 1.807) is 37.3 Å². The molecule has 0 unspecified atom stereocenters. The lowest BCUT2D eigenvalue weighted by molar-refractivity contribution is -0.00534. The van der Waals surface area contributed by atoms with Crippen molar-refractivity contribution >= 4 is 0 Å². The van der Waals surface area contributed by atoms with Gasteiger partial charge in [-0.25, -0.2) is 4.39 Å². The first kappa shape index (κ1) is 14.6. The molecule has 0 aliphatic carbocycles. The number of hydrogen-bond donors (Lipinski definition) is 1. The van der Waals surface area contributed by atoms with Gasteiger partial charge in [-0.15, -0.1) is 0 Å². The molecule has 1 atom stereocenters. The van der Waals surface area contributed by atoms with Crippen molar-refractivity contribution in [1.82, 2.24) is 5.32 Å². The molecular weight excluding hydrogens is 263 g/mol. The zero-order valence-electron chi connectivity index (χ0n) is 11.1. The Morgan fingerprint density at radius 3 is 2.20 bits per heavy atom. The molecule has 1 N–H and O–H groups in total. The van der Waals surface area contributed by atoms with Crippen molar-refractivity contribution in [2.45, 2.75) is 18.9 Å². The van der Waals surface area contributed by atoms with Crippen LogP contribution in [0.15, 0.2) is 54.6 Å². The van der Waals surface area contributed by atoms with Crippen LogP contribution >= 0.6 is 0 Å². The highest BCUT2D eigenvalue weighted by atomic mass is 19.3. The summed E-state index contributed by atoms with van der Waals surface area (Å²) in [6.45, 7) is 1.31. The molecule has 0 bridgehead atoms. The minimum atomic E-state index is -2.93. The van der Waals surface area contributed by atoms with Gasteiger partial charge in [-0.05, 0) is 24.6 Å². The molecule has 0 saturated heterocycles. The van der Waals surface area contributed by atoms with Gasteiger partial charge in [0.1, 0.15) is 5.82 Å². The molecule has 0 radical (unpaired) electrons. The number of nitrogens with one attached hydrogen (secondary N) is 1. The molecule has 4 heteroatoms. The van der Waals surface area contributed by atoms with Crippen LogP contribution in [-0.2, 0) is 5.92 Å². The Balaban J connectivity index is 1.99. The molecule has 2 rings (SSSR count). The van der Waals surface area contributed by atoms with Gasteiger partial charge < -0.3 is 5.32 Å². The molecule has 20 heavy (non-hydrogen) atoms. The van der Waals surface area contributed by atoms with Gasteiger partial charge in [0.05, 0.1) is 6.54 Å². The number of alkyl halides is 2. The highest BCUT2D eigenvalue weighted by Gasteiger charge is 2.31. The summed E-state index contributed by atoms with van der Waals surface area (Å²) in [7, 11) is 0. The van der Waals surface area contributed by atoms with Crippen LogP contribution < -0.4 is 5.32 Å². The zero-order chi connectivity index (χ0) is 14.6. The molecule has 106 valence electrons. The Morgan fingerprint density at radius 1 is 1.00 bits per heavy atom. The van der Waals surface area contributed by atoms with Crippen molar-refractivity contribution in [3.63, 3.8) is 0 Å². The molecule has 2 aromatic carbocycles. The molecular formula is C16H16F3N. The van der Waals surface area contributed by atoms with Crippen LogP contribution in [0.2, 0.25) is 0 Å². The van der Waals surface area contributed by atoms with E-state index in [1.165, 1.54) is 24.3 Å². The fourth-order valence-corrected chi connectivity index (χ4v) is 1.93. The second kappa shape index (κ2) is 6.09. The van der Waals surface area contributed by atoms with E-state index in [1.807, 2.05) is 0 Å². The first-order chi connectivity index (χ1) is 9.49. The van der Waals surface area contributed by atoms with E-state index in [4.69, 9.17) is 0 Å². The Morgan fingerprint density at radius 2 is 1.60 bits per heavy atom. The fourth-order valence-electron chi connectivity index (χ4n) is 1.93. The summed E-state index contributed by atoms with van der Waals surface area (Å²) in [5.74, 6) is -3.27. The lowest BCUT2D eigenvalue weighted by Crippen LogP contribution is -2.32. The first-order valence-corrected chi connectivity index (χ1v) is 6.41. The van der Waals surface area contributed by atoms with Crippen molar-refractivity contribution < 1.29 is 13.2 Å². The van der Waals surface area contributed by atoms with Gasteiger partial charge in [-0.1, -0.05) is 42.5 Å². The monoisotopic (exact) mass is 279 g/mol. The normalized spacial score (nSPS) is 13.2. The molecule has 0 fully saturated rings. The summed E-state index contributed by atoms with van der Waals surface area (Å²) in [4.78, 5) is 0. The highest BCUT2D eigenvalue weighted by molar-refractivity contribution is 5.22. The lowest BCUT2D eigenvalue weighted by Gasteiger charge is -2.21. The third kappa shape index (κ3) is 3.61. The van der Waals surface area contributed by atoms with E-state index in [0.717, 1.165) is 5.56 Å². The average Bonchev–Trinajstić information content (AvgIpc) is 2.46. The molecule has 2 aromatic rings. The van der Waals surface area contributed by atoms with Gasteiger partial charge in [0.2, 0.25) is 0 Å². The van der Waals surface area contributed by atoms with Crippen LogP contribution in [0.4, 0.5) is 13.2 Å². The molecule has 0 saturated carbocycles. The number of halogens is 3. The van der Waals surface area contributed by atoms with E-state index in [0.29, 0.717) is 0 Å². The molecule has 0 amide bonds. The SMILES string of the molecule is C[C@H](NCC(F)(F)c1ccccc1)c1ccc(F)cc1. The van der Waals surface area contributed by atoms with Gasteiger partial charge in [0, 0.05) is 11.6 Å². The Kier molecular flexibility index (Phi) is 4.45. The largest absolute Gasteiger partial charge is 0.304 e. The Hall–Kier alpha value is -1.81. The molecule has 0 aromatic heterocycles. The topological polar surface area (TPSA) is 12.0 Å². The van der Waals surface area contributed by atoms with Crippen LogP contribution in [0.1, 0.15) is 24.1 Å². The molecule has 0 aliphatic rings. The smallest absolute Gasteiger partial charge is 0.285 e.